The number of benzene rings is 1. The van der Waals surface area contributed by atoms with Crippen LogP contribution in [-0.4, -0.2) is 10.9 Å². The van der Waals surface area contributed by atoms with Crippen molar-refractivity contribution >= 4 is 11.6 Å². The number of pyridine rings is 1. The fraction of sp³-hybridized carbons (Fsp3) is 0. The van der Waals surface area contributed by atoms with Gasteiger partial charge in [-0.15, -0.1) is 0 Å². The lowest BCUT2D eigenvalue weighted by molar-refractivity contribution is 0.102. The molecule has 0 aliphatic rings. The Kier molecular flexibility index (Phi) is 3.64. The molecule has 0 aliphatic heterocycles. The van der Waals surface area contributed by atoms with Gasteiger partial charge in [0, 0.05) is 6.20 Å². The van der Waals surface area contributed by atoms with E-state index in [9.17, 15) is 4.79 Å². The summed E-state index contributed by atoms with van der Waals surface area (Å²) < 4.78 is 10.6. The van der Waals surface area contributed by atoms with Gasteiger partial charge in [-0.3, -0.25) is 4.79 Å². The Morgan fingerprint density at radius 2 is 1.95 bits per heavy atom. The van der Waals surface area contributed by atoms with Gasteiger partial charge in [0.1, 0.15) is 17.7 Å². The third-order valence-corrected chi connectivity index (χ3v) is 2.76. The Balaban J connectivity index is 1.81. The van der Waals surface area contributed by atoms with Gasteiger partial charge in [0.15, 0.2) is 0 Å². The Bertz CT molecular complexity index is 724. The van der Waals surface area contributed by atoms with Crippen LogP contribution < -0.4 is 10.1 Å². The Hall–Kier alpha value is -3.08. The van der Waals surface area contributed by atoms with Crippen LogP contribution in [0, 0.1) is 0 Å². The number of nitrogens with one attached hydrogen (secondary N) is 1. The predicted molar refractivity (Wildman–Crippen MR) is 77.4 cm³/mol. The van der Waals surface area contributed by atoms with Gasteiger partial charge in [0.05, 0.1) is 11.8 Å². The molecule has 0 unspecified atom stereocenters. The van der Waals surface area contributed by atoms with Gasteiger partial charge in [-0.25, -0.2) is 4.98 Å². The molecular weight excluding hydrogens is 268 g/mol. The number of anilines is 1. The van der Waals surface area contributed by atoms with E-state index < -0.39 is 0 Å². The largest absolute Gasteiger partial charge is 0.472 e. The summed E-state index contributed by atoms with van der Waals surface area (Å²) in [5.41, 5.74) is 0.928. The van der Waals surface area contributed by atoms with Crippen LogP contribution in [0.15, 0.2) is 71.7 Å². The van der Waals surface area contributed by atoms with Crippen molar-refractivity contribution in [1.29, 1.82) is 0 Å². The van der Waals surface area contributed by atoms with Gasteiger partial charge in [-0.05, 0) is 30.3 Å². The van der Waals surface area contributed by atoms with Crippen LogP contribution >= 0.6 is 0 Å². The van der Waals surface area contributed by atoms with Gasteiger partial charge in [0.25, 0.3) is 5.91 Å². The molecule has 3 aromatic rings. The zero-order chi connectivity index (χ0) is 14.5. The number of ether oxygens (including phenoxy) is 1. The van der Waals surface area contributed by atoms with Gasteiger partial charge in [-0.1, -0.05) is 18.2 Å². The van der Waals surface area contributed by atoms with Crippen LogP contribution in [-0.2, 0) is 0 Å². The smallest absolute Gasteiger partial charge is 0.259 e. The molecule has 0 saturated heterocycles. The molecule has 0 aliphatic carbocycles. The molecule has 104 valence electrons. The molecule has 0 bridgehead atoms. The third kappa shape index (κ3) is 3.09. The maximum atomic E-state index is 12.0. The van der Waals surface area contributed by atoms with E-state index in [0.29, 0.717) is 22.9 Å². The zero-order valence-electron chi connectivity index (χ0n) is 11.0. The van der Waals surface area contributed by atoms with Crippen molar-refractivity contribution in [3.8, 4) is 11.6 Å². The number of rotatable bonds is 4. The lowest BCUT2D eigenvalue weighted by Crippen LogP contribution is -2.11. The average Bonchev–Trinajstić information content (AvgIpc) is 3.05. The molecule has 3 rings (SSSR count). The highest BCUT2D eigenvalue weighted by atomic mass is 16.5. The van der Waals surface area contributed by atoms with Gasteiger partial charge >= 0.3 is 0 Å². The van der Waals surface area contributed by atoms with Crippen LogP contribution in [0.4, 0.5) is 5.69 Å². The summed E-state index contributed by atoms with van der Waals surface area (Å²) in [6, 6.07) is 14.3. The Morgan fingerprint density at radius 3 is 2.71 bits per heavy atom. The van der Waals surface area contributed by atoms with Crippen molar-refractivity contribution in [1.82, 2.24) is 4.98 Å². The molecule has 1 amide bonds. The van der Waals surface area contributed by atoms with Crippen LogP contribution in [0.25, 0.3) is 0 Å². The van der Waals surface area contributed by atoms with E-state index in [-0.39, 0.29) is 5.91 Å². The highest BCUT2D eigenvalue weighted by Crippen LogP contribution is 2.26. The van der Waals surface area contributed by atoms with Crippen molar-refractivity contribution in [2.45, 2.75) is 0 Å². The first-order valence-corrected chi connectivity index (χ1v) is 6.34. The Morgan fingerprint density at radius 1 is 1.10 bits per heavy atom. The zero-order valence-corrected chi connectivity index (χ0v) is 11.0. The molecule has 5 heteroatoms. The summed E-state index contributed by atoms with van der Waals surface area (Å²) in [4.78, 5) is 16.2. The summed E-state index contributed by atoms with van der Waals surface area (Å²) in [7, 11) is 0. The van der Waals surface area contributed by atoms with Crippen molar-refractivity contribution in [3.05, 3.63) is 72.8 Å². The number of carbonyl (C=O) groups excluding carboxylic acids is 1. The van der Waals surface area contributed by atoms with Crippen molar-refractivity contribution in [3.63, 3.8) is 0 Å². The van der Waals surface area contributed by atoms with E-state index >= 15 is 0 Å². The molecular formula is C16H12N2O3. The number of amides is 1. The van der Waals surface area contributed by atoms with Crippen molar-refractivity contribution in [2.75, 3.05) is 5.32 Å². The number of aromatic nitrogens is 1. The van der Waals surface area contributed by atoms with E-state index in [0.717, 1.165) is 0 Å². The summed E-state index contributed by atoms with van der Waals surface area (Å²) >= 11 is 0. The first-order valence-electron chi connectivity index (χ1n) is 6.34. The minimum Gasteiger partial charge on any atom is -0.472 e. The number of furan rings is 1. The highest BCUT2D eigenvalue weighted by molar-refractivity contribution is 6.04. The molecule has 0 radical (unpaired) electrons. The van der Waals surface area contributed by atoms with Crippen molar-refractivity contribution in [2.24, 2.45) is 0 Å². The minimum atomic E-state index is -0.283. The maximum Gasteiger partial charge on any atom is 0.259 e. The van der Waals surface area contributed by atoms with E-state index in [1.54, 1.807) is 24.4 Å². The second-order valence-corrected chi connectivity index (χ2v) is 4.24. The number of hydrogen-bond donors (Lipinski definition) is 1. The molecule has 0 spiro atoms. The van der Waals surface area contributed by atoms with E-state index in [4.69, 9.17) is 9.15 Å². The molecule has 5 nitrogen and oxygen atoms in total. The van der Waals surface area contributed by atoms with Gasteiger partial charge < -0.3 is 14.5 Å². The molecule has 2 heterocycles. The summed E-state index contributed by atoms with van der Waals surface area (Å²) in [5.74, 6) is 0.699. The van der Waals surface area contributed by atoms with Crippen LogP contribution in [0.3, 0.4) is 0 Å². The SMILES string of the molecule is O=C(Nc1cccnc1Oc1ccccc1)c1ccoc1. The molecule has 21 heavy (non-hydrogen) atoms. The maximum absolute atomic E-state index is 12.0. The molecule has 0 atom stereocenters. The van der Waals surface area contributed by atoms with Gasteiger partial charge in [0.2, 0.25) is 5.88 Å². The molecule has 1 aromatic carbocycles. The second-order valence-electron chi connectivity index (χ2n) is 4.24. The minimum absolute atomic E-state index is 0.283. The average molecular weight is 280 g/mol. The van der Waals surface area contributed by atoms with E-state index in [1.807, 2.05) is 30.3 Å². The lowest BCUT2D eigenvalue weighted by atomic mass is 10.3. The third-order valence-electron chi connectivity index (χ3n) is 2.76. The monoisotopic (exact) mass is 280 g/mol. The Labute approximate surface area is 121 Å². The van der Waals surface area contributed by atoms with Crippen LogP contribution in [0.1, 0.15) is 10.4 Å². The first-order chi connectivity index (χ1) is 10.3. The van der Waals surface area contributed by atoms with Crippen LogP contribution in [0.5, 0.6) is 11.6 Å². The summed E-state index contributed by atoms with van der Waals surface area (Å²) in [6.07, 6.45) is 4.43. The molecule has 0 fully saturated rings. The normalized spacial score (nSPS) is 10.1. The number of carbonyl (C=O) groups is 1. The second kappa shape index (κ2) is 5.92. The standard InChI is InChI=1S/C16H12N2O3/c19-15(12-8-10-20-11-12)18-14-7-4-9-17-16(14)21-13-5-2-1-3-6-13/h1-11H,(H,18,19). The first kappa shape index (κ1) is 12.9. The highest BCUT2D eigenvalue weighted by Gasteiger charge is 2.12. The lowest BCUT2D eigenvalue weighted by Gasteiger charge is -2.10. The number of nitrogens with zero attached hydrogens (tertiary/aromatic N) is 1. The van der Waals surface area contributed by atoms with Gasteiger partial charge in [-0.2, -0.15) is 0 Å². The fourth-order valence-corrected chi connectivity index (χ4v) is 1.76. The quantitative estimate of drug-likeness (QED) is 0.791. The number of para-hydroxylation sites is 1. The fourth-order valence-electron chi connectivity index (χ4n) is 1.76. The summed E-state index contributed by atoms with van der Waals surface area (Å²) in [5, 5.41) is 2.75. The van der Waals surface area contributed by atoms with Crippen LogP contribution in [0.2, 0.25) is 0 Å². The van der Waals surface area contributed by atoms with E-state index in [1.165, 1.54) is 12.5 Å². The molecule has 0 saturated carbocycles. The summed E-state index contributed by atoms with van der Waals surface area (Å²) in [6.45, 7) is 0. The predicted octanol–water partition coefficient (Wildman–Crippen LogP) is 3.72. The van der Waals surface area contributed by atoms with Crippen molar-refractivity contribution < 1.29 is 13.9 Å². The topological polar surface area (TPSA) is 64.4 Å². The molecule has 1 N–H and O–H groups in total. The number of hydrogen-bond acceptors (Lipinski definition) is 4. The molecule has 2 aromatic heterocycles. The van der Waals surface area contributed by atoms with E-state index in [2.05, 4.69) is 10.3 Å².